The van der Waals surface area contributed by atoms with E-state index in [4.69, 9.17) is 0 Å². The number of nitrogens with one attached hydrogen (secondary N) is 2. The molecule has 0 radical (unpaired) electrons. The molecule has 0 aromatic heterocycles. The summed E-state index contributed by atoms with van der Waals surface area (Å²) in [7, 11) is 0. The van der Waals surface area contributed by atoms with Crippen molar-refractivity contribution in [2.75, 3.05) is 6.54 Å². The Bertz CT molecular complexity index is 1230. The van der Waals surface area contributed by atoms with Gasteiger partial charge in [-0.2, -0.15) is 18.4 Å². The number of carbonyl (C=O) groups excluding carboxylic acids is 1. The highest BCUT2D eigenvalue weighted by atomic mass is 19.4. The zero-order chi connectivity index (χ0) is 25.9. The third kappa shape index (κ3) is 5.77. The maximum Gasteiger partial charge on any atom is 0.416 e. The van der Waals surface area contributed by atoms with Crippen LogP contribution >= 0.6 is 0 Å². The van der Waals surface area contributed by atoms with Crippen molar-refractivity contribution in [2.45, 2.75) is 50.4 Å². The van der Waals surface area contributed by atoms with Crippen LogP contribution in [-0.4, -0.2) is 24.5 Å². The van der Waals surface area contributed by atoms with Gasteiger partial charge in [0.1, 0.15) is 0 Å². The Labute approximate surface area is 209 Å². The highest BCUT2D eigenvalue weighted by Crippen LogP contribution is 2.34. The van der Waals surface area contributed by atoms with Crippen LogP contribution in [0.25, 0.3) is 0 Å². The molecule has 7 heteroatoms. The Balaban J connectivity index is 1.51. The van der Waals surface area contributed by atoms with Crippen LogP contribution in [-0.2, 0) is 6.18 Å². The molecule has 3 unspecified atom stereocenters. The lowest BCUT2D eigenvalue weighted by molar-refractivity contribution is -0.137. The van der Waals surface area contributed by atoms with E-state index in [0.29, 0.717) is 24.4 Å². The predicted molar refractivity (Wildman–Crippen MR) is 133 cm³/mol. The van der Waals surface area contributed by atoms with Gasteiger partial charge in [-0.25, -0.2) is 0 Å². The molecule has 1 saturated heterocycles. The number of carbonyl (C=O) groups is 1. The van der Waals surface area contributed by atoms with Gasteiger partial charge in [-0.3, -0.25) is 4.79 Å². The van der Waals surface area contributed by atoms with E-state index < -0.39 is 17.6 Å². The van der Waals surface area contributed by atoms with Gasteiger partial charge >= 0.3 is 6.18 Å². The number of rotatable bonds is 6. The number of nitriles is 1. The molecule has 0 aliphatic carbocycles. The smallest absolute Gasteiger partial charge is 0.348 e. The fraction of sp³-hybridized carbons (Fsp3) is 0.310. The second kappa shape index (κ2) is 10.5. The predicted octanol–water partition coefficient (Wildman–Crippen LogP) is 5.99. The van der Waals surface area contributed by atoms with Crippen LogP contribution in [0.4, 0.5) is 13.2 Å². The topological polar surface area (TPSA) is 64.9 Å². The molecule has 1 aliphatic heterocycles. The van der Waals surface area contributed by atoms with Crippen molar-refractivity contribution in [1.29, 1.82) is 5.26 Å². The summed E-state index contributed by atoms with van der Waals surface area (Å²) in [5, 5.41) is 15.7. The van der Waals surface area contributed by atoms with E-state index in [2.05, 4.69) is 54.8 Å². The lowest BCUT2D eigenvalue weighted by atomic mass is 9.83. The summed E-state index contributed by atoms with van der Waals surface area (Å²) in [4.78, 5) is 12.7. The van der Waals surface area contributed by atoms with Gasteiger partial charge in [-0.1, -0.05) is 50.2 Å². The van der Waals surface area contributed by atoms with Crippen LogP contribution in [0, 0.1) is 11.3 Å². The van der Waals surface area contributed by atoms with Gasteiger partial charge in [0.25, 0.3) is 5.91 Å². The van der Waals surface area contributed by atoms with Crippen LogP contribution in [0.2, 0.25) is 0 Å². The molecular formula is C29H28F3N3O. The van der Waals surface area contributed by atoms with Crippen molar-refractivity contribution in [3.05, 3.63) is 106 Å². The molecule has 186 valence electrons. The number of hydrogen-bond donors (Lipinski definition) is 2. The van der Waals surface area contributed by atoms with Crippen LogP contribution < -0.4 is 10.6 Å². The van der Waals surface area contributed by atoms with E-state index in [1.807, 2.05) is 24.3 Å². The van der Waals surface area contributed by atoms with E-state index in [0.717, 1.165) is 23.3 Å². The molecule has 1 amide bonds. The molecule has 1 fully saturated rings. The molecule has 3 aromatic rings. The van der Waals surface area contributed by atoms with Gasteiger partial charge in [0.15, 0.2) is 0 Å². The minimum Gasteiger partial charge on any atom is -0.348 e. The molecule has 0 bridgehead atoms. The van der Waals surface area contributed by atoms with Crippen LogP contribution in [0.1, 0.15) is 70.3 Å². The minimum atomic E-state index is -4.44. The van der Waals surface area contributed by atoms with E-state index in [1.54, 1.807) is 0 Å². The van der Waals surface area contributed by atoms with E-state index in [9.17, 15) is 23.2 Å². The summed E-state index contributed by atoms with van der Waals surface area (Å²) in [6.45, 7) is 4.85. The van der Waals surface area contributed by atoms with Crippen LogP contribution in [0.5, 0.6) is 0 Å². The van der Waals surface area contributed by atoms with Crippen molar-refractivity contribution in [3.8, 4) is 6.07 Å². The molecule has 3 atom stereocenters. The van der Waals surface area contributed by atoms with Crippen molar-refractivity contribution in [1.82, 2.24) is 10.6 Å². The van der Waals surface area contributed by atoms with E-state index >= 15 is 0 Å². The van der Waals surface area contributed by atoms with E-state index in [-0.39, 0.29) is 23.6 Å². The minimum absolute atomic E-state index is 0.00641. The first kappa shape index (κ1) is 25.5. The summed E-state index contributed by atoms with van der Waals surface area (Å²) in [6, 6.07) is 22.4. The fourth-order valence-corrected chi connectivity index (χ4v) is 4.72. The van der Waals surface area contributed by atoms with E-state index in [1.165, 1.54) is 17.7 Å². The molecule has 4 rings (SSSR count). The summed E-state index contributed by atoms with van der Waals surface area (Å²) in [5.74, 6) is 0.0288. The van der Waals surface area contributed by atoms with Crippen molar-refractivity contribution in [2.24, 2.45) is 0 Å². The number of hydrogen-bond acceptors (Lipinski definition) is 3. The fourth-order valence-electron chi connectivity index (χ4n) is 4.72. The molecular weight excluding hydrogens is 463 g/mol. The number of nitrogens with zero attached hydrogens (tertiary/aromatic N) is 1. The Morgan fingerprint density at radius 2 is 1.50 bits per heavy atom. The molecule has 0 saturated carbocycles. The van der Waals surface area contributed by atoms with Gasteiger partial charge in [0.05, 0.1) is 17.2 Å². The highest BCUT2D eigenvalue weighted by molar-refractivity contribution is 5.94. The zero-order valence-electron chi connectivity index (χ0n) is 20.1. The average molecular weight is 492 g/mol. The maximum atomic E-state index is 12.8. The number of halogens is 3. The lowest BCUT2D eigenvalue weighted by Gasteiger charge is -2.26. The van der Waals surface area contributed by atoms with Gasteiger partial charge in [-0.05, 0) is 65.4 Å². The second-order valence-electron chi connectivity index (χ2n) is 9.53. The van der Waals surface area contributed by atoms with Crippen LogP contribution in [0.15, 0.2) is 72.8 Å². The molecule has 1 aliphatic rings. The first-order valence-electron chi connectivity index (χ1n) is 12.0. The number of benzene rings is 3. The monoisotopic (exact) mass is 491 g/mol. The van der Waals surface area contributed by atoms with Crippen molar-refractivity contribution < 1.29 is 18.0 Å². The Morgan fingerprint density at radius 1 is 0.944 bits per heavy atom. The molecule has 0 spiro atoms. The van der Waals surface area contributed by atoms with Gasteiger partial charge in [-0.15, -0.1) is 0 Å². The first-order chi connectivity index (χ1) is 17.2. The van der Waals surface area contributed by atoms with Gasteiger partial charge < -0.3 is 10.6 Å². The number of amides is 1. The van der Waals surface area contributed by atoms with Gasteiger partial charge in [0, 0.05) is 30.1 Å². The van der Waals surface area contributed by atoms with Crippen molar-refractivity contribution in [3.63, 3.8) is 0 Å². The van der Waals surface area contributed by atoms with Crippen LogP contribution in [0.3, 0.4) is 0 Å². The number of alkyl halides is 3. The third-order valence-electron chi connectivity index (χ3n) is 6.74. The maximum absolute atomic E-state index is 12.8. The zero-order valence-corrected chi connectivity index (χ0v) is 20.1. The lowest BCUT2D eigenvalue weighted by Crippen LogP contribution is -2.36. The SMILES string of the molecule is CC(C)c1ccc(C(c2ccc(C#N)cc2)C2CC(NC(=O)c3ccc(C(F)(F)F)cc3)CN2)cc1. The Kier molecular flexibility index (Phi) is 7.46. The first-order valence-corrected chi connectivity index (χ1v) is 12.0. The second-order valence-corrected chi connectivity index (χ2v) is 9.53. The highest BCUT2D eigenvalue weighted by Gasteiger charge is 2.34. The average Bonchev–Trinajstić information content (AvgIpc) is 3.32. The molecule has 36 heavy (non-hydrogen) atoms. The molecule has 1 heterocycles. The standard InChI is InChI=1S/C29H28F3N3O/c1-18(2)20-7-9-22(10-8-20)27(21-5-3-19(16-33)4-6-21)26-15-25(17-34-26)35-28(36)23-11-13-24(14-12-23)29(30,31)32/h3-14,18,25-27,34H,15,17H2,1-2H3,(H,35,36). The molecule has 2 N–H and O–H groups in total. The quantitative estimate of drug-likeness (QED) is 0.445. The summed E-state index contributed by atoms with van der Waals surface area (Å²) < 4.78 is 38.5. The Morgan fingerprint density at radius 3 is 2.03 bits per heavy atom. The van der Waals surface area contributed by atoms with Crippen molar-refractivity contribution >= 4 is 5.91 Å². The third-order valence-corrected chi connectivity index (χ3v) is 6.74. The van der Waals surface area contributed by atoms with Gasteiger partial charge in [0.2, 0.25) is 0 Å². The summed E-state index contributed by atoms with van der Waals surface area (Å²) >= 11 is 0. The summed E-state index contributed by atoms with van der Waals surface area (Å²) in [5.41, 5.74) is 3.46. The molecule has 4 nitrogen and oxygen atoms in total. The Hall–Kier alpha value is -3.63. The normalized spacial score (nSPS) is 18.6. The largest absolute Gasteiger partial charge is 0.416 e. The molecule has 3 aromatic carbocycles. The summed E-state index contributed by atoms with van der Waals surface area (Å²) in [6.07, 6.45) is -3.78.